The van der Waals surface area contributed by atoms with Gasteiger partial charge in [-0.15, -0.1) is 0 Å². The van der Waals surface area contributed by atoms with Gasteiger partial charge in [-0.3, -0.25) is 14.5 Å². The average Bonchev–Trinajstić information content (AvgIpc) is 3.36. The molecule has 1 aliphatic heterocycles. The molecule has 1 aromatic heterocycles. The zero-order valence-electron chi connectivity index (χ0n) is 18.9. The molecule has 1 aliphatic rings. The maximum Gasteiger partial charge on any atom is 0.325 e. The Morgan fingerprint density at radius 2 is 1.88 bits per heavy atom. The molecule has 0 aliphatic carbocycles. The van der Waals surface area contributed by atoms with E-state index in [4.69, 9.17) is 4.52 Å². The molecule has 1 unspecified atom stereocenters. The molecule has 9 heteroatoms. The van der Waals surface area contributed by atoms with Crippen molar-refractivity contribution in [3.63, 3.8) is 0 Å². The lowest BCUT2D eigenvalue weighted by atomic mass is 9.92. The number of carbonyl (C=O) groups is 3. The minimum Gasteiger partial charge on any atom is -0.334 e. The lowest BCUT2D eigenvalue weighted by Gasteiger charge is -2.22. The molecular weight excluding hydrogens is 422 g/mol. The fourth-order valence-corrected chi connectivity index (χ4v) is 3.72. The van der Waals surface area contributed by atoms with Crippen LogP contribution in [0.2, 0.25) is 0 Å². The standard InChI is InChI=1S/C24H25N5O4/c1-14(2)20-26-21(33-28-20)17-12-8-9-15(3)19(17)25-18(30)13-29-22(31)24(4,27-23(29)32)16-10-6-5-7-11-16/h5-12,14H,13H2,1-4H3,(H,25,30)(H,27,32). The molecule has 3 aromatic rings. The second kappa shape index (κ2) is 8.50. The first kappa shape index (κ1) is 22.2. The Labute approximate surface area is 191 Å². The summed E-state index contributed by atoms with van der Waals surface area (Å²) in [6.07, 6.45) is 0. The van der Waals surface area contributed by atoms with Crippen LogP contribution in [0.4, 0.5) is 10.5 Å². The van der Waals surface area contributed by atoms with Crippen molar-refractivity contribution in [3.8, 4) is 11.5 Å². The summed E-state index contributed by atoms with van der Waals surface area (Å²) in [6, 6.07) is 13.7. The predicted octanol–water partition coefficient (Wildman–Crippen LogP) is 3.57. The van der Waals surface area contributed by atoms with Crippen molar-refractivity contribution in [1.29, 1.82) is 0 Å². The number of para-hydroxylation sites is 1. The number of amides is 4. The van der Waals surface area contributed by atoms with Gasteiger partial charge in [-0.1, -0.05) is 61.5 Å². The second-order valence-corrected chi connectivity index (χ2v) is 8.47. The van der Waals surface area contributed by atoms with Crippen molar-refractivity contribution in [2.45, 2.75) is 39.2 Å². The van der Waals surface area contributed by atoms with Crippen LogP contribution in [0, 0.1) is 6.92 Å². The third-order valence-corrected chi connectivity index (χ3v) is 5.65. The molecule has 0 spiro atoms. The molecule has 1 saturated heterocycles. The van der Waals surface area contributed by atoms with Gasteiger partial charge in [0, 0.05) is 5.92 Å². The largest absolute Gasteiger partial charge is 0.334 e. The molecule has 0 bridgehead atoms. The minimum absolute atomic E-state index is 0.0870. The van der Waals surface area contributed by atoms with Crippen LogP contribution < -0.4 is 10.6 Å². The fourth-order valence-electron chi connectivity index (χ4n) is 3.72. The van der Waals surface area contributed by atoms with Crippen LogP contribution in [0.15, 0.2) is 53.1 Å². The molecule has 2 N–H and O–H groups in total. The van der Waals surface area contributed by atoms with Crippen LogP contribution in [-0.4, -0.2) is 39.4 Å². The number of aryl methyl sites for hydroxylation is 1. The monoisotopic (exact) mass is 447 g/mol. The number of nitrogens with one attached hydrogen (secondary N) is 2. The molecule has 0 radical (unpaired) electrons. The van der Waals surface area contributed by atoms with E-state index < -0.39 is 29.9 Å². The maximum atomic E-state index is 13.1. The highest BCUT2D eigenvalue weighted by Crippen LogP contribution is 2.31. The van der Waals surface area contributed by atoms with E-state index >= 15 is 0 Å². The van der Waals surface area contributed by atoms with E-state index in [0.29, 0.717) is 22.6 Å². The molecule has 2 heterocycles. The van der Waals surface area contributed by atoms with Crippen LogP contribution in [0.1, 0.15) is 43.6 Å². The number of nitrogens with zero attached hydrogens (tertiary/aromatic N) is 3. The van der Waals surface area contributed by atoms with Gasteiger partial charge >= 0.3 is 6.03 Å². The smallest absolute Gasteiger partial charge is 0.325 e. The Balaban J connectivity index is 1.55. The van der Waals surface area contributed by atoms with Crippen LogP contribution in [0.25, 0.3) is 11.5 Å². The topological polar surface area (TPSA) is 117 Å². The van der Waals surface area contributed by atoms with E-state index in [0.717, 1.165) is 10.5 Å². The lowest BCUT2D eigenvalue weighted by Crippen LogP contribution is -2.42. The van der Waals surface area contributed by atoms with Crippen LogP contribution in [0.3, 0.4) is 0 Å². The SMILES string of the molecule is Cc1cccc(-c2nc(C(C)C)no2)c1NC(=O)CN1C(=O)NC(C)(c2ccccc2)C1=O. The van der Waals surface area contributed by atoms with Crippen molar-refractivity contribution in [3.05, 3.63) is 65.5 Å². The minimum atomic E-state index is -1.23. The van der Waals surface area contributed by atoms with Gasteiger partial charge in [-0.25, -0.2) is 4.79 Å². The molecule has 170 valence electrons. The third kappa shape index (κ3) is 4.09. The zero-order valence-corrected chi connectivity index (χ0v) is 18.9. The summed E-state index contributed by atoms with van der Waals surface area (Å²) in [7, 11) is 0. The summed E-state index contributed by atoms with van der Waals surface area (Å²) in [5, 5.41) is 9.50. The van der Waals surface area contributed by atoms with Gasteiger partial charge < -0.3 is 15.2 Å². The number of rotatable bonds is 6. The summed E-state index contributed by atoms with van der Waals surface area (Å²) >= 11 is 0. The highest BCUT2D eigenvalue weighted by atomic mass is 16.5. The molecule has 2 aromatic carbocycles. The molecular formula is C24H25N5O4. The van der Waals surface area contributed by atoms with Gasteiger partial charge in [-0.05, 0) is 31.0 Å². The van der Waals surface area contributed by atoms with E-state index in [1.807, 2.05) is 39.0 Å². The molecule has 1 atom stereocenters. The van der Waals surface area contributed by atoms with E-state index in [1.54, 1.807) is 37.3 Å². The Kier molecular flexibility index (Phi) is 5.71. The van der Waals surface area contributed by atoms with Crippen molar-refractivity contribution in [1.82, 2.24) is 20.4 Å². The molecule has 9 nitrogen and oxygen atoms in total. The first-order valence-corrected chi connectivity index (χ1v) is 10.6. The molecule has 4 rings (SSSR count). The number of imide groups is 1. The Morgan fingerprint density at radius 1 is 1.15 bits per heavy atom. The van der Waals surface area contributed by atoms with Gasteiger partial charge in [0.15, 0.2) is 5.82 Å². The number of hydrogen-bond donors (Lipinski definition) is 2. The number of urea groups is 1. The number of aromatic nitrogens is 2. The maximum absolute atomic E-state index is 13.1. The van der Waals surface area contributed by atoms with Crippen LogP contribution in [-0.2, 0) is 15.1 Å². The molecule has 1 fully saturated rings. The van der Waals surface area contributed by atoms with Gasteiger partial charge in [-0.2, -0.15) is 4.98 Å². The summed E-state index contributed by atoms with van der Waals surface area (Å²) in [5.74, 6) is -0.0797. The molecule has 0 saturated carbocycles. The number of hydrogen-bond acceptors (Lipinski definition) is 6. The first-order valence-electron chi connectivity index (χ1n) is 10.6. The van der Waals surface area contributed by atoms with Gasteiger partial charge in [0.05, 0.1) is 11.3 Å². The normalized spacial score (nSPS) is 18.0. The third-order valence-electron chi connectivity index (χ3n) is 5.65. The highest BCUT2D eigenvalue weighted by Gasteiger charge is 2.49. The van der Waals surface area contributed by atoms with E-state index in [2.05, 4.69) is 20.8 Å². The number of anilines is 1. The lowest BCUT2D eigenvalue weighted by molar-refractivity contribution is -0.133. The highest BCUT2D eigenvalue weighted by molar-refractivity contribution is 6.10. The van der Waals surface area contributed by atoms with E-state index in [9.17, 15) is 14.4 Å². The van der Waals surface area contributed by atoms with Crippen molar-refractivity contribution < 1.29 is 18.9 Å². The van der Waals surface area contributed by atoms with Crippen molar-refractivity contribution in [2.75, 3.05) is 11.9 Å². The number of carbonyl (C=O) groups excluding carboxylic acids is 3. The van der Waals surface area contributed by atoms with Crippen LogP contribution in [0.5, 0.6) is 0 Å². The van der Waals surface area contributed by atoms with Crippen molar-refractivity contribution >= 4 is 23.5 Å². The molecule has 4 amide bonds. The van der Waals surface area contributed by atoms with Crippen molar-refractivity contribution in [2.24, 2.45) is 0 Å². The van der Waals surface area contributed by atoms with Gasteiger partial charge in [0.25, 0.3) is 11.8 Å². The average molecular weight is 447 g/mol. The summed E-state index contributed by atoms with van der Waals surface area (Å²) < 4.78 is 5.39. The Hall–Kier alpha value is -4.01. The fraction of sp³-hybridized carbons (Fsp3) is 0.292. The van der Waals surface area contributed by atoms with Gasteiger partial charge in [0.2, 0.25) is 5.91 Å². The first-order chi connectivity index (χ1) is 15.7. The predicted molar refractivity (Wildman–Crippen MR) is 121 cm³/mol. The second-order valence-electron chi connectivity index (χ2n) is 8.47. The number of benzene rings is 2. The summed E-state index contributed by atoms with van der Waals surface area (Å²) in [4.78, 5) is 43.9. The van der Waals surface area contributed by atoms with E-state index in [1.165, 1.54) is 0 Å². The zero-order chi connectivity index (χ0) is 23.8. The summed E-state index contributed by atoms with van der Waals surface area (Å²) in [5.41, 5.74) is 1.23. The van der Waals surface area contributed by atoms with Crippen LogP contribution >= 0.6 is 0 Å². The quantitative estimate of drug-likeness (QED) is 0.558. The Bertz CT molecular complexity index is 1220. The van der Waals surface area contributed by atoms with Gasteiger partial charge in [0.1, 0.15) is 12.1 Å². The summed E-state index contributed by atoms with van der Waals surface area (Å²) in [6.45, 7) is 6.94. The molecule has 33 heavy (non-hydrogen) atoms. The van der Waals surface area contributed by atoms with E-state index in [-0.39, 0.29) is 11.8 Å². The Morgan fingerprint density at radius 3 is 2.55 bits per heavy atom.